The minimum absolute atomic E-state index is 0. The van der Waals surface area contributed by atoms with Gasteiger partial charge in [-0.3, -0.25) is 0 Å². The number of carbonyl (C=O) groups is 2. The molecule has 0 rings (SSSR count). The van der Waals surface area contributed by atoms with E-state index in [0.29, 0.717) is 0 Å². The summed E-state index contributed by atoms with van der Waals surface area (Å²) in [6.45, 7) is 13.7. The van der Waals surface area contributed by atoms with Crippen LogP contribution >= 0.6 is 7.82 Å². The maximum atomic E-state index is 10.4. The Bertz CT molecular complexity index is 373. The number of phosphoric acid groups is 1. The van der Waals surface area contributed by atoms with Gasteiger partial charge in [-0.25, -0.2) is 14.2 Å². The van der Waals surface area contributed by atoms with Crippen LogP contribution in [0.25, 0.3) is 0 Å². The quantitative estimate of drug-likeness (QED) is 0.123. The molecule has 148 valence electrons. The second kappa shape index (κ2) is 24.8. The van der Waals surface area contributed by atoms with Gasteiger partial charge >= 0.3 is 45.6 Å². The van der Waals surface area contributed by atoms with Gasteiger partial charge in [-0.2, -0.15) is 13.2 Å². The zero-order chi connectivity index (χ0) is 20.1. The van der Waals surface area contributed by atoms with Crippen molar-refractivity contribution in [2.24, 2.45) is 0 Å². The molecule has 0 aliphatic rings. The Kier molecular flexibility index (Phi) is 31.8. The molecule has 0 atom stereocenters. The summed E-state index contributed by atoms with van der Waals surface area (Å²) in [7, 11) is -4.64. The van der Waals surface area contributed by atoms with Crippen molar-refractivity contribution in [2.75, 3.05) is 0 Å². The van der Waals surface area contributed by atoms with Crippen LogP contribution in [-0.4, -0.2) is 64.4 Å². The van der Waals surface area contributed by atoms with Gasteiger partial charge in [-0.1, -0.05) is 52.7 Å². The first-order valence-corrected chi connectivity index (χ1v) is 9.26. The Labute approximate surface area is 185 Å². The zero-order valence-electron chi connectivity index (χ0n) is 15.5. The van der Waals surface area contributed by atoms with Crippen molar-refractivity contribution in [1.29, 1.82) is 0 Å². The second-order valence-electron chi connectivity index (χ2n) is 4.41. The number of hydrogen-bond acceptors (Lipinski definition) is 5. The molecular weight excluding hydrogens is 391 g/mol. The Morgan fingerprint density at radius 3 is 1.38 bits per heavy atom. The van der Waals surface area contributed by atoms with Gasteiger partial charge in [-0.05, 0) is 0 Å². The normalized spacial score (nSPS) is 9.12. The Hall–Kier alpha value is -0.210. The minimum atomic E-state index is -4.64. The van der Waals surface area contributed by atoms with Crippen LogP contribution in [0.2, 0.25) is 0 Å². The average Bonchev–Trinajstić information content (AvgIpc) is 2.54. The third kappa shape index (κ3) is 49.6. The SMILES string of the molecule is C=CC(=O)O[CH-]CCCC.C=CC(=O)O[CH-]CCCC.O=P(O)(O)O.[Ca+2]. The largest absolute Gasteiger partial charge is 2.00 e. The van der Waals surface area contributed by atoms with Gasteiger partial charge in [0.25, 0.3) is 11.9 Å². The van der Waals surface area contributed by atoms with Crippen LogP contribution < -0.4 is 0 Å². The summed E-state index contributed by atoms with van der Waals surface area (Å²) >= 11 is 0. The topological polar surface area (TPSA) is 130 Å². The van der Waals surface area contributed by atoms with E-state index in [4.69, 9.17) is 19.2 Å². The number of unbranched alkanes of at least 4 members (excludes halogenated alkanes) is 4. The first kappa shape index (κ1) is 33.4. The van der Waals surface area contributed by atoms with E-state index in [0.717, 1.165) is 50.7 Å². The molecule has 0 aromatic rings. The first-order valence-electron chi connectivity index (χ1n) is 7.70. The van der Waals surface area contributed by atoms with Gasteiger partial charge in [0.15, 0.2) is 0 Å². The van der Waals surface area contributed by atoms with E-state index < -0.39 is 7.82 Å². The van der Waals surface area contributed by atoms with E-state index in [1.54, 1.807) is 0 Å². The number of rotatable bonds is 10. The van der Waals surface area contributed by atoms with E-state index >= 15 is 0 Å². The van der Waals surface area contributed by atoms with Crippen molar-refractivity contribution in [1.82, 2.24) is 0 Å². The molecule has 0 heterocycles. The molecule has 0 amide bonds. The van der Waals surface area contributed by atoms with E-state index in [-0.39, 0.29) is 49.7 Å². The van der Waals surface area contributed by atoms with Crippen molar-refractivity contribution in [3.05, 3.63) is 38.5 Å². The maximum absolute atomic E-state index is 10.4. The molecule has 0 saturated carbocycles. The van der Waals surface area contributed by atoms with Crippen LogP contribution in [0.4, 0.5) is 0 Å². The van der Waals surface area contributed by atoms with Crippen molar-refractivity contribution < 1.29 is 38.3 Å². The summed E-state index contributed by atoms with van der Waals surface area (Å²) in [5.74, 6) is -0.757. The van der Waals surface area contributed by atoms with Crippen LogP contribution in [0.15, 0.2) is 25.3 Å². The molecule has 3 N–H and O–H groups in total. The molecule has 0 unspecified atom stereocenters. The Balaban J connectivity index is -0.000000145. The summed E-state index contributed by atoms with van der Waals surface area (Å²) < 4.78 is 18.1. The Morgan fingerprint density at radius 1 is 0.923 bits per heavy atom. The van der Waals surface area contributed by atoms with E-state index in [2.05, 4.69) is 36.5 Å². The number of carbonyl (C=O) groups excluding carboxylic acids is 2. The van der Waals surface area contributed by atoms with Gasteiger partial charge in [0.1, 0.15) is 0 Å². The molecule has 0 radical (unpaired) electrons. The molecule has 0 fully saturated rings. The van der Waals surface area contributed by atoms with Crippen molar-refractivity contribution in [3.8, 4) is 0 Å². The van der Waals surface area contributed by atoms with E-state index in [1.807, 2.05) is 0 Å². The fourth-order valence-corrected chi connectivity index (χ4v) is 0.953. The fraction of sp³-hybridized carbons (Fsp3) is 0.500. The second-order valence-corrected chi connectivity index (χ2v) is 5.44. The molecule has 0 bridgehead atoms. The third-order valence-electron chi connectivity index (χ3n) is 2.08. The molecular formula is C16H29CaO8P. The monoisotopic (exact) mass is 420 g/mol. The third-order valence-corrected chi connectivity index (χ3v) is 2.08. The average molecular weight is 420 g/mol. The van der Waals surface area contributed by atoms with Crippen molar-refractivity contribution >= 4 is 57.5 Å². The number of ether oxygens (including phenoxy) is 2. The summed E-state index contributed by atoms with van der Waals surface area (Å²) in [6, 6.07) is 0. The van der Waals surface area contributed by atoms with Gasteiger partial charge in [0.2, 0.25) is 0 Å². The van der Waals surface area contributed by atoms with Crippen molar-refractivity contribution in [3.63, 3.8) is 0 Å². The van der Waals surface area contributed by atoms with Crippen LogP contribution in [0.1, 0.15) is 52.4 Å². The fourth-order valence-electron chi connectivity index (χ4n) is 0.953. The molecule has 10 heteroatoms. The zero-order valence-corrected chi connectivity index (χ0v) is 18.6. The van der Waals surface area contributed by atoms with Gasteiger partial charge < -0.3 is 24.2 Å². The van der Waals surface area contributed by atoms with Crippen LogP contribution in [0.5, 0.6) is 0 Å². The van der Waals surface area contributed by atoms with Crippen molar-refractivity contribution in [2.45, 2.75) is 52.4 Å². The summed E-state index contributed by atoms with van der Waals surface area (Å²) in [5, 5.41) is 0. The molecule has 0 aliphatic carbocycles. The minimum Gasteiger partial charge on any atom is -0.634 e. The number of esters is 2. The standard InChI is InChI=1S/2C8H13O2.Ca.H3O4P/c2*1-3-5-6-7-10-8(9)4-2;;1-5(2,3)4/h2*4,7H,2-3,5-6H2,1H3;;(H3,1,2,3,4)/q2*-1;+2;. The molecule has 0 aromatic carbocycles. The molecule has 8 nitrogen and oxygen atoms in total. The predicted octanol–water partition coefficient (Wildman–Crippen LogP) is 2.83. The molecule has 0 aliphatic heterocycles. The summed E-state index contributed by atoms with van der Waals surface area (Å²) in [5.41, 5.74) is 0. The predicted molar refractivity (Wildman–Crippen MR) is 100 cm³/mol. The van der Waals surface area contributed by atoms with Crippen LogP contribution in [0.3, 0.4) is 0 Å². The summed E-state index contributed by atoms with van der Waals surface area (Å²) in [6.07, 6.45) is 8.32. The molecule has 0 aromatic heterocycles. The smallest absolute Gasteiger partial charge is 0.634 e. The van der Waals surface area contributed by atoms with Gasteiger partial charge in [0, 0.05) is 12.2 Å². The van der Waals surface area contributed by atoms with E-state index in [9.17, 15) is 9.59 Å². The van der Waals surface area contributed by atoms with Gasteiger partial charge in [-0.15, -0.1) is 12.8 Å². The Morgan fingerprint density at radius 2 is 1.19 bits per heavy atom. The van der Waals surface area contributed by atoms with Crippen LogP contribution in [0, 0.1) is 13.2 Å². The van der Waals surface area contributed by atoms with E-state index in [1.165, 1.54) is 13.2 Å². The van der Waals surface area contributed by atoms with Gasteiger partial charge in [0.05, 0.1) is 0 Å². The number of hydrogen-bond donors (Lipinski definition) is 3. The molecule has 0 saturated heterocycles. The maximum Gasteiger partial charge on any atom is 2.00 e. The summed E-state index contributed by atoms with van der Waals surface area (Å²) in [4.78, 5) is 42.4. The van der Waals surface area contributed by atoms with Crippen LogP contribution in [-0.2, 0) is 23.6 Å². The molecule has 0 spiro atoms. The molecule has 26 heavy (non-hydrogen) atoms. The first-order chi connectivity index (χ1) is 11.6.